The number of aromatic nitrogens is 1. The van der Waals surface area contributed by atoms with Crippen LogP contribution in [0.1, 0.15) is 22.0 Å². The minimum atomic E-state index is -1.56. The van der Waals surface area contributed by atoms with E-state index in [1.54, 1.807) is 24.4 Å². The highest BCUT2D eigenvalue weighted by Gasteiger charge is 2.21. The van der Waals surface area contributed by atoms with Crippen LogP contribution in [0.3, 0.4) is 0 Å². The summed E-state index contributed by atoms with van der Waals surface area (Å²) in [6.45, 7) is 0. The van der Waals surface area contributed by atoms with Crippen molar-refractivity contribution in [2.24, 2.45) is 0 Å². The van der Waals surface area contributed by atoms with Gasteiger partial charge in [0.25, 0.3) is 0 Å². The summed E-state index contributed by atoms with van der Waals surface area (Å²) >= 11 is 0. The van der Waals surface area contributed by atoms with Crippen LogP contribution in [0.4, 0.5) is 0 Å². The van der Waals surface area contributed by atoms with Gasteiger partial charge in [-0.25, -0.2) is 4.79 Å². The monoisotopic (exact) mass is 260 g/mol. The van der Waals surface area contributed by atoms with Gasteiger partial charge in [-0.1, -0.05) is 0 Å². The third-order valence-electron chi connectivity index (χ3n) is 2.87. The lowest BCUT2D eigenvalue weighted by molar-refractivity contribution is 0.0523. The number of carbonyl (C=O) groups is 1. The molecule has 0 saturated carbocycles. The minimum Gasteiger partial charge on any atom is -0.465 e. The maximum absolute atomic E-state index is 11.7. The Labute approximate surface area is 108 Å². The molecule has 2 unspecified atom stereocenters. The van der Waals surface area contributed by atoms with E-state index < -0.39 is 18.2 Å². The maximum Gasteiger partial charge on any atom is 0.338 e. The Morgan fingerprint density at radius 1 is 1.47 bits per heavy atom. The fourth-order valence-electron chi connectivity index (χ4n) is 1.89. The molecule has 1 heterocycles. The lowest BCUT2D eigenvalue weighted by Crippen LogP contribution is -2.16. The molecule has 98 valence electrons. The molecule has 0 aliphatic rings. The summed E-state index contributed by atoms with van der Waals surface area (Å²) in [5, 5.41) is 28.4. The fourth-order valence-corrected chi connectivity index (χ4v) is 1.89. The lowest BCUT2D eigenvalue weighted by atomic mass is 9.99. The molecule has 1 aromatic carbocycles. The number of benzene rings is 1. The molecule has 0 aliphatic carbocycles. The summed E-state index contributed by atoms with van der Waals surface area (Å²) in [6.07, 6.45) is -1.30. The van der Waals surface area contributed by atoms with E-state index in [0.29, 0.717) is 10.9 Å². The zero-order valence-electron chi connectivity index (χ0n) is 10.1. The quantitative estimate of drug-likeness (QED) is 0.561. The van der Waals surface area contributed by atoms with Crippen LogP contribution in [0.5, 0.6) is 0 Å². The van der Waals surface area contributed by atoms with Crippen LogP contribution < -0.4 is 0 Å². The molecule has 6 nitrogen and oxygen atoms in total. The second kappa shape index (κ2) is 5.10. The van der Waals surface area contributed by atoms with Gasteiger partial charge in [-0.15, -0.1) is 0 Å². The number of fused-ring (bicyclic) bond motifs is 1. The molecule has 0 aliphatic heterocycles. The van der Waals surface area contributed by atoms with Crippen molar-refractivity contribution in [1.29, 1.82) is 5.26 Å². The van der Waals surface area contributed by atoms with Crippen molar-refractivity contribution < 1.29 is 19.7 Å². The van der Waals surface area contributed by atoms with Crippen molar-refractivity contribution in [1.82, 2.24) is 4.98 Å². The highest BCUT2D eigenvalue weighted by atomic mass is 16.5. The van der Waals surface area contributed by atoms with Crippen LogP contribution >= 0.6 is 0 Å². The van der Waals surface area contributed by atoms with Crippen molar-refractivity contribution in [3.05, 3.63) is 35.5 Å². The second-order valence-electron chi connectivity index (χ2n) is 4.02. The van der Waals surface area contributed by atoms with E-state index in [-0.39, 0.29) is 11.1 Å². The first kappa shape index (κ1) is 13.1. The topological polar surface area (TPSA) is 106 Å². The van der Waals surface area contributed by atoms with Crippen molar-refractivity contribution in [2.75, 3.05) is 7.11 Å². The van der Waals surface area contributed by atoms with Crippen LogP contribution in [0.25, 0.3) is 10.9 Å². The molecular weight excluding hydrogens is 248 g/mol. The third-order valence-corrected chi connectivity index (χ3v) is 2.87. The van der Waals surface area contributed by atoms with Gasteiger partial charge in [0.1, 0.15) is 6.10 Å². The number of nitrogens with zero attached hydrogens (tertiary/aromatic N) is 1. The summed E-state index contributed by atoms with van der Waals surface area (Å²) in [4.78, 5) is 14.6. The van der Waals surface area contributed by atoms with E-state index >= 15 is 0 Å². The largest absolute Gasteiger partial charge is 0.465 e. The molecule has 0 bridgehead atoms. The number of ether oxygens (including phenoxy) is 1. The van der Waals surface area contributed by atoms with Crippen molar-refractivity contribution in [3.8, 4) is 6.07 Å². The predicted octanol–water partition coefficient (Wildman–Crippen LogP) is 0.872. The number of aliphatic hydroxyl groups is 2. The Hall–Kier alpha value is -2.36. The zero-order chi connectivity index (χ0) is 14.0. The van der Waals surface area contributed by atoms with Crippen LogP contribution in [-0.2, 0) is 4.74 Å². The number of nitriles is 1. The van der Waals surface area contributed by atoms with E-state index in [1.807, 2.05) is 0 Å². The molecule has 2 aromatic rings. The summed E-state index contributed by atoms with van der Waals surface area (Å²) in [6, 6.07) is 6.24. The summed E-state index contributed by atoms with van der Waals surface area (Å²) in [5.41, 5.74) is 1.15. The SMILES string of the molecule is COC(=O)c1cc(C(O)C(O)C#N)cc2[nH]ccc12. The Balaban J connectivity index is 2.58. The molecular formula is C13H12N2O4. The van der Waals surface area contributed by atoms with Gasteiger partial charge in [-0.2, -0.15) is 5.26 Å². The number of hydrogen-bond acceptors (Lipinski definition) is 5. The zero-order valence-corrected chi connectivity index (χ0v) is 10.1. The van der Waals surface area contributed by atoms with Gasteiger partial charge in [-0.05, 0) is 23.8 Å². The van der Waals surface area contributed by atoms with Crippen LogP contribution in [-0.4, -0.2) is 34.4 Å². The third kappa shape index (κ3) is 2.29. The first-order chi connectivity index (χ1) is 9.08. The average molecular weight is 260 g/mol. The molecule has 3 N–H and O–H groups in total. The molecule has 6 heteroatoms. The molecule has 0 amide bonds. The first-order valence-corrected chi connectivity index (χ1v) is 5.53. The average Bonchev–Trinajstić information content (AvgIpc) is 2.91. The number of methoxy groups -OCH3 is 1. The summed E-state index contributed by atoms with van der Waals surface area (Å²) < 4.78 is 4.67. The molecule has 0 saturated heterocycles. The molecule has 1 aromatic heterocycles. The van der Waals surface area contributed by atoms with Gasteiger partial charge in [0.15, 0.2) is 6.10 Å². The molecule has 0 fully saturated rings. The Bertz CT molecular complexity index is 656. The van der Waals surface area contributed by atoms with Gasteiger partial charge in [-0.3, -0.25) is 0 Å². The number of H-pyrrole nitrogens is 1. The number of carbonyl (C=O) groups excluding carboxylic acids is 1. The number of esters is 1. The molecule has 2 rings (SSSR count). The van der Waals surface area contributed by atoms with Gasteiger partial charge < -0.3 is 19.9 Å². The molecule has 0 radical (unpaired) electrons. The normalized spacial score (nSPS) is 13.8. The highest BCUT2D eigenvalue weighted by Crippen LogP contribution is 2.26. The summed E-state index contributed by atoms with van der Waals surface area (Å²) in [7, 11) is 1.26. The van der Waals surface area contributed by atoms with Gasteiger partial charge >= 0.3 is 5.97 Å². The molecule has 0 spiro atoms. The number of rotatable bonds is 3. The first-order valence-electron chi connectivity index (χ1n) is 5.53. The number of aliphatic hydroxyl groups excluding tert-OH is 2. The maximum atomic E-state index is 11.7. The Morgan fingerprint density at radius 3 is 2.84 bits per heavy atom. The van der Waals surface area contributed by atoms with Crippen molar-refractivity contribution >= 4 is 16.9 Å². The smallest absolute Gasteiger partial charge is 0.338 e. The van der Waals surface area contributed by atoms with E-state index in [2.05, 4.69) is 9.72 Å². The molecule has 2 atom stereocenters. The Morgan fingerprint density at radius 2 is 2.21 bits per heavy atom. The van der Waals surface area contributed by atoms with Gasteiger partial charge in [0.05, 0.1) is 18.7 Å². The van der Waals surface area contributed by atoms with Crippen molar-refractivity contribution in [2.45, 2.75) is 12.2 Å². The lowest BCUT2D eigenvalue weighted by Gasteiger charge is -2.13. The minimum absolute atomic E-state index is 0.264. The number of nitrogens with one attached hydrogen (secondary N) is 1. The van der Waals surface area contributed by atoms with Gasteiger partial charge in [0.2, 0.25) is 0 Å². The standard InChI is InChI=1S/C13H12N2O4/c1-19-13(18)9-4-7(12(17)11(16)6-14)5-10-8(9)2-3-15-10/h2-5,11-12,15-17H,1H3. The van der Waals surface area contributed by atoms with Gasteiger partial charge in [0, 0.05) is 17.1 Å². The van der Waals surface area contributed by atoms with Crippen molar-refractivity contribution in [3.63, 3.8) is 0 Å². The van der Waals surface area contributed by atoms with E-state index in [4.69, 9.17) is 5.26 Å². The summed E-state index contributed by atoms with van der Waals surface area (Å²) in [5.74, 6) is -0.551. The van der Waals surface area contributed by atoms with E-state index in [9.17, 15) is 15.0 Å². The fraction of sp³-hybridized carbons (Fsp3) is 0.231. The number of hydrogen-bond donors (Lipinski definition) is 3. The molecule has 19 heavy (non-hydrogen) atoms. The van der Waals surface area contributed by atoms with E-state index in [0.717, 1.165) is 0 Å². The highest BCUT2D eigenvalue weighted by molar-refractivity contribution is 6.04. The van der Waals surface area contributed by atoms with Crippen LogP contribution in [0.2, 0.25) is 0 Å². The predicted molar refractivity (Wildman–Crippen MR) is 66.2 cm³/mol. The van der Waals surface area contributed by atoms with Crippen LogP contribution in [0.15, 0.2) is 24.4 Å². The Kier molecular flexibility index (Phi) is 3.51. The second-order valence-corrected chi connectivity index (χ2v) is 4.02. The number of aromatic amines is 1. The van der Waals surface area contributed by atoms with Crippen LogP contribution in [0, 0.1) is 11.3 Å². The van der Waals surface area contributed by atoms with E-state index in [1.165, 1.54) is 13.2 Å².